The molecule has 1 aromatic rings. The summed E-state index contributed by atoms with van der Waals surface area (Å²) in [5, 5.41) is 3.96. The van der Waals surface area contributed by atoms with E-state index in [0.29, 0.717) is 11.0 Å². The van der Waals surface area contributed by atoms with E-state index < -0.39 is 0 Å². The van der Waals surface area contributed by atoms with E-state index in [9.17, 15) is 4.79 Å². The molecule has 2 aliphatic rings. The largest absolute Gasteiger partial charge is 0.375 e. The standard InChI is InChI=1S/C16H25N3OS/c1-2-4-10-5-3-6-12(10)15(20)18-11-7-8-13-14(9-11)21-16(17)19-13/h10-12H,2-9H2,1H3,(H2,17,19)(H,18,20)/t10?,11-,12?/m0/s1. The van der Waals surface area contributed by atoms with Gasteiger partial charge < -0.3 is 11.1 Å². The van der Waals surface area contributed by atoms with Crippen LogP contribution in [-0.4, -0.2) is 16.9 Å². The molecule has 0 saturated heterocycles. The van der Waals surface area contributed by atoms with Crippen LogP contribution in [0.3, 0.4) is 0 Å². The lowest BCUT2D eigenvalue weighted by Gasteiger charge is -2.26. The van der Waals surface area contributed by atoms with Crippen molar-refractivity contribution < 1.29 is 4.79 Å². The zero-order valence-electron chi connectivity index (χ0n) is 12.7. The third-order valence-corrected chi connectivity index (χ3v) is 5.91. The number of carbonyl (C=O) groups excluding carboxylic acids is 1. The number of hydrogen-bond acceptors (Lipinski definition) is 4. The van der Waals surface area contributed by atoms with Crippen molar-refractivity contribution in [1.82, 2.24) is 10.3 Å². The number of nitrogens with two attached hydrogens (primary N) is 1. The summed E-state index contributed by atoms with van der Waals surface area (Å²) < 4.78 is 0. The number of anilines is 1. The Hall–Kier alpha value is -1.10. The monoisotopic (exact) mass is 307 g/mol. The maximum absolute atomic E-state index is 12.6. The number of rotatable bonds is 4. The second kappa shape index (κ2) is 6.34. The first kappa shape index (κ1) is 14.8. The first-order valence-electron chi connectivity index (χ1n) is 8.21. The van der Waals surface area contributed by atoms with E-state index in [1.165, 1.54) is 30.6 Å². The van der Waals surface area contributed by atoms with E-state index in [2.05, 4.69) is 17.2 Å². The Morgan fingerprint density at radius 2 is 2.29 bits per heavy atom. The molecule has 0 bridgehead atoms. The summed E-state index contributed by atoms with van der Waals surface area (Å²) in [6.45, 7) is 2.21. The molecule has 3 rings (SSSR count). The SMILES string of the molecule is CCCC1CCCC1C(=O)N[C@H]1CCc2nc(N)sc2C1. The summed E-state index contributed by atoms with van der Waals surface area (Å²) >= 11 is 1.58. The number of nitrogens with one attached hydrogen (secondary N) is 1. The highest BCUT2D eigenvalue weighted by molar-refractivity contribution is 7.15. The Labute approximate surface area is 130 Å². The van der Waals surface area contributed by atoms with Crippen molar-refractivity contribution >= 4 is 22.4 Å². The Bertz CT molecular complexity index is 514. The molecule has 1 heterocycles. The fourth-order valence-corrected chi connectivity index (χ4v) is 4.88. The van der Waals surface area contributed by atoms with E-state index in [4.69, 9.17) is 5.73 Å². The maximum atomic E-state index is 12.6. The third kappa shape index (κ3) is 3.23. The Morgan fingerprint density at radius 1 is 1.43 bits per heavy atom. The van der Waals surface area contributed by atoms with Crippen molar-refractivity contribution in [3.05, 3.63) is 10.6 Å². The molecule has 0 aliphatic heterocycles. The molecule has 0 spiro atoms. The van der Waals surface area contributed by atoms with E-state index in [1.807, 2.05) is 0 Å². The predicted octanol–water partition coefficient (Wildman–Crippen LogP) is 2.92. The van der Waals surface area contributed by atoms with Crippen LogP contribution in [0.2, 0.25) is 0 Å². The van der Waals surface area contributed by atoms with Crippen LogP contribution < -0.4 is 11.1 Å². The van der Waals surface area contributed by atoms with Crippen LogP contribution in [0, 0.1) is 11.8 Å². The zero-order valence-corrected chi connectivity index (χ0v) is 13.5. The van der Waals surface area contributed by atoms with Gasteiger partial charge in [0.15, 0.2) is 5.13 Å². The van der Waals surface area contributed by atoms with Gasteiger partial charge in [0.05, 0.1) is 5.69 Å². The van der Waals surface area contributed by atoms with Crippen molar-refractivity contribution in [1.29, 1.82) is 0 Å². The minimum atomic E-state index is 0.248. The first-order valence-corrected chi connectivity index (χ1v) is 9.03. The van der Waals surface area contributed by atoms with Crippen LogP contribution in [-0.2, 0) is 17.6 Å². The average Bonchev–Trinajstić information content (AvgIpc) is 3.04. The van der Waals surface area contributed by atoms with Crippen molar-refractivity contribution in [2.75, 3.05) is 5.73 Å². The van der Waals surface area contributed by atoms with Crippen LogP contribution in [0.5, 0.6) is 0 Å². The number of aryl methyl sites for hydroxylation is 1. The number of thiazole rings is 1. The van der Waals surface area contributed by atoms with Gasteiger partial charge in [-0.15, -0.1) is 11.3 Å². The molecule has 2 unspecified atom stereocenters. The Morgan fingerprint density at radius 3 is 3.10 bits per heavy atom. The molecule has 1 amide bonds. The molecule has 0 aromatic carbocycles. The van der Waals surface area contributed by atoms with E-state index in [-0.39, 0.29) is 17.9 Å². The molecule has 3 atom stereocenters. The molecule has 1 fully saturated rings. The zero-order chi connectivity index (χ0) is 14.8. The highest BCUT2D eigenvalue weighted by Crippen LogP contribution is 2.35. The van der Waals surface area contributed by atoms with Gasteiger partial charge in [-0.25, -0.2) is 4.98 Å². The van der Waals surface area contributed by atoms with Gasteiger partial charge in [-0.2, -0.15) is 0 Å². The molecular formula is C16H25N3OS. The van der Waals surface area contributed by atoms with Gasteiger partial charge in [0.2, 0.25) is 5.91 Å². The first-order chi connectivity index (χ1) is 10.2. The van der Waals surface area contributed by atoms with Gasteiger partial charge in [0.25, 0.3) is 0 Å². The summed E-state index contributed by atoms with van der Waals surface area (Å²) in [6, 6.07) is 0.271. The quantitative estimate of drug-likeness (QED) is 0.898. The molecule has 1 aromatic heterocycles. The topological polar surface area (TPSA) is 68.0 Å². The van der Waals surface area contributed by atoms with E-state index >= 15 is 0 Å². The van der Waals surface area contributed by atoms with Gasteiger partial charge in [-0.1, -0.05) is 19.8 Å². The van der Waals surface area contributed by atoms with E-state index in [1.54, 1.807) is 11.3 Å². The molecule has 5 heteroatoms. The summed E-state index contributed by atoms with van der Waals surface area (Å²) in [4.78, 5) is 18.2. The minimum Gasteiger partial charge on any atom is -0.375 e. The van der Waals surface area contributed by atoms with Crippen molar-refractivity contribution in [3.8, 4) is 0 Å². The number of fused-ring (bicyclic) bond motifs is 1. The Kier molecular flexibility index (Phi) is 4.48. The molecule has 1 saturated carbocycles. The van der Waals surface area contributed by atoms with Crippen LogP contribution in [0.15, 0.2) is 0 Å². The van der Waals surface area contributed by atoms with Gasteiger partial charge in [0, 0.05) is 23.3 Å². The van der Waals surface area contributed by atoms with E-state index in [0.717, 1.165) is 31.4 Å². The molecule has 3 N–H and O–H groups in total. The predicted molar refractivity (Wildman–Crippen MR) is 86.2 cm³/mol. The fraction of sp³-hybridized carbons (Fsp3) is 0.750. The number of nitrogen functional groups attached to an aromatic ring is 1. The minimum absolute atomic E-state index is 0.248. The summed E-state index contributed by atoms with van der Waals surface area (Å²) in [6.07, 6.45) is 8.72. The molecule has 21 heavy (non-hydrogen) atoms. The van der Waals surface area contributed by atoms with Crippen LogP contribution in [0.1, 0.15) is 56.0 Å². The van der Waals surface area contributed by atoms with Gasteiger partial charge in [-0.3, -0.25) is 4.79 Å². The van der Waals surface area contributed by atoms with Crippen LogP contribution in [0.25, 0.3) is 0 Å². The number of aromatic nitrogens is 1. The fourth-order valence-electron chi connectivity index (χ4n) is 3.92. The Balaban J connectivity index is 1.58. The highest BCUT2D eigenvalue weighted by Gasteiger charge is 2.33. The number of nitrogens with zero attached hydrogens (tertiary/aromatic N) is 1. The van der Waals surface area contributed by atoms with Crippen molar-refractivity contribution in [2.45, 2.75) is 64.3 Å². The molecule has 2 aliphatic carbocycles. The number of amides is 1. The van der Waals surface area contributed by atoms with Gasteiger partial charge >= 0.3 is 0 Å². The lowest BCUT2D eigenvalue weighted by molar-refractivity contribution is -0.126. The third-order valence-electron chi connectivity index (χ3n) is 4.96. The lowest BCUT2D eigenvalue weighted by Crippen LogP contribution is -2.42. The second-order valence-corrected chi connectivity index (χ2v) is 7.57. The smallest absolute Gasteiger partial charge is 0.223 e. The number of carbonyl (C=O) groups is 1. The number of hydrogen-bond donors (Lipinski definition) is 2. The summed E-state index contributed by atoms with van der Waals surface area (Å²) in [5.74, 6) is 1.14. The normalized spacial score (nSPS) is 28.3. The second-order valence-electron chi connectivity index (χ2n) is 6.46. The molecular weight excluding hydrogens is 282 g/mol. The maximum Gasteiger partial charge on any atom is 0.223 e. The van der Waals surface area contributed by atoms with Crippen LogP contribution >= 0.6 is 11.3 Å². The van der Waals surface area contributed by atoms with Crippen molar-refractivity contribution in [2.24, 2.45) is 11.8 Å². The molecule has 0 radical (unpaired) electrons. The van der Waals surface area contributed by atoms with Crippen molar-refractivity contribution in [3.63, 3.8) is 0 Å². The summed E-state index contributed by atoms with van der Waals surface area (Å²) in [5.41, 5.74) is 6.92. The molecule has 4 nitrogen and oxygen atoms in total. The van der Waals surface area contributed by atoms with Crippen LogP contribution in [0.4, 0.5) is 5.13 Å². The highest BCUT2D eigenvalue weighted by atomic mass is 32.1. The van der Waals surface area contributed by atoms with Gasteiger partial charge in [-0.05, 0) is 38.0 Å². The summed E-state index contributed by atoms with van der Waals surface area (Å²) in [7, 11) is 0. The average molecular weight is 307 g/mol. The van der Waals surface area contributed by atoms with Gasteiger partial charge in [0.1, 0.15) is 0 Å². The lowest BCUT2D eigenvalue weighted by atomic mass is 9.90. The molecule has 116 valence electrons.